The van der Waals surface area contributed by atoms with Crippen molar-refractivity contribution >= 4 is 38.3 Å². The fraction of sp³-hybridized carbons (Fsp3) is 0.0455. The summed E-state index contributed by atoms with van der Waals surface area (Å²) in [5.41, 5.74) is 3.53. The molecule has 3 nitrogen and oxygen atoms in total. The quantitative estimate of drug-likeness (QED) is 0.466. The number of aromatic nitrogens is 1. The van der Waals surface area contributed by atoms with E-state index in [1.165, 1.54) is 0 Å². The van der Waals surface area contributed by atoms with Gasteiger partial charge in [0.1, 0.15) is 0 Å². The molecule has 0 saturated carbocycles. The molecule has 5 rings (SSSR count). The third-order valence-corrected chi connectivity index (χ3v) is 5.63. The Hall–Kier alpha value is -2.85. The van der Waals surface area contributed by atoms with Gasteiger partial charge in [0, 0.05) is 38.4 Å². The minimum atomic E-state index is -0.940. The van der Waals surface area contributed by atoms with Gasteiger partial charge in [-0.3, -0.25) is 4.79 Å². The number of fused-ring (bicyclic) bond motifs is 2. The van der Waals surface area contributed by atoms with Crippen LogP contribution < -0.4 is 5.32 Å². The second-order valence-corrected chi connectivity index (χ2v) is 7.42. The fourth-order valence-corrected chi connectivity index (χ4v) is 4.15. The van der Waals surface area contributed by atoms with Gasteiger partial charge in [-0.1, -0.05) is 58.4 Å². The highest BCUT2D eigenvalue weighted by atomic mass is 79.9. The van der Waals surface area contributed by atoms with E-state index in [-0.39, 0.29) is 5.78 Å². The molecule has 3 aromatic carbocycles. The molecule has 26 heavy (non-hydrogen) atoms. The van der Waals surface area contributed by atoms with Crippen LogP contribution >= 0.6 is 15.9 Å². The molecule has 4 heteroatoms. The van der Waals surface area contributed by atoms with Gasteiger partial charge in [0.2, 0.25) is 0 Å². The van der Waals surface area contributed by atoms with Gasteiger partial charge in [-0.25, -0.2) is 0 Å². The summed E-state index contributed by atoms with van der Waals surface area (Å²) in [5, 5.41) is 4.59. The maximum atomic E-state index is 13.7. The Kier molecular flexibility index (Phi) is 3.31. The number of anilines is 1. The highest BCUT2D eigenvalue weighted by Crippen LogP contribution is 2.46. The summed E-state index contributed by atoms with van der Waals surface area (Å²) < 4.78 is 0.985. The Morgan fingerprint density at radius 1 is 0.846 bits per heavy atom. The molecule has 1 aliphatic heterocycles. The van der Waals surface area contributed by atoms with Gasteiger partial charge in [-0.2, -0.15) is 0 Å². The summed E-state index contributed by atoms with van der Waals surface area (Å²) >= 11 is 3.49. The first-order valence-corrected chi connectivity index (χ1v) is 9.24. The summed E-state index contributed by atoms with van der Waals surface area (Å²) in [4.78, 5) is 17.0. The number of benzene rings is 3. The highest BCUT2D eigenvalue weighted by molar-refractivity contribution is 9.10. The lowest BCUT2D eigenvalue weighted by molar-refractivity contribution is 0.0941. The van der Waals surface area contributed by atoms with Gasteiger partial charge in [0.15, 0.2) is 11.3 Å². The number of nitrogens with one attached hydrogen (secondary N) is 2. The van der Waals surface area contributed by atoms with Crippen molar-refractivity contribution in [3.63, 3.8) is 0 Å². The van der Waals surface area contributed by atoms with E-state index in [9.17, 15) is 4.79 Å². The SMILES string of the molecule is O=C1c2ccccc2N[C@]1(c1ccc(Br)cc1)c1c[nH]c2ccccc12. The molecule has 0 bridgehead atoms. The fourth-order valence-electron chi connectivity index (χ4n) is 3.88. The zero-order valence-corrected chi connectivity index (χ0v) is 15.4. The topological polar surface area (TPSA) is 44.9 Å². The number of ketones is 1. The van der Waals surface area contributed by atoms with Gasteiger partial charge in [-0.05, 0) is 35.9 Å². The average Bonchev–Trinajstić information content (AvgIpc) is 3.23. The zero-order chi connectivity index (χ0) is 17.7. The van der Waals surface area contributed by atoms with Crippen LogP contribution in [0.2, 0.25) is 0 Å². The molecule has 0 saturated heterocycles. The monoisotopic (exact) mass is 402 g/mol. The number of carbonyl (C=O) groups is 1. The number of hydrogen-bond acceptors (Lipinski definition) is 2. The predicted octanol–water partition coefficient (Wildman–Crippen LogP) is 5.48. The second kappa shape index (κ2) is 5.58. The minimum absolute atomic E-state index is 0.0696. The van der Waals surface area contributed by atoms with Crippen LogP contribution in [0, 0.1) is 0 Å². The van der Waals surface area contributed by atoms with Crippen LogP contribution in [0.1, 0.15) is 21.5 Å². The number of Topliss-reactive ketones (excluding diaryl/α,β-unsaturated/α-hetero) is 1. The lowest BCUT2D eigenvalue weighted by Gasteiger charge is -2.29. The summed E-state index contributed by atoms with van der Waals surface area (Å²) in [7, 11) is 0. The Bertz CT molecular complexity index is 1150. The molecule has 1 atom stereocenters. The second-order valence-electron chi connectivity index (χ2n) is 6.50. The number of H-pyrrole nitrogens is 1. The number of carbonyl (C=O) groups excluding carboxylic acids is 1. The molecule has 1 aliphatic rings. The van der Waals surface area contributed by atoms with Crippen LogP contribution in [-0.4, -0.2) is 10.8 Å². The van der Waals surface area contributed by atoms with E-state index in [1.54, 1.807) is 0 Å². The predicted molar refractivity (Wildman–Crippen MR) is 108 cm³/mol. The van der Waals surface area contributed by atoms with Gasteiger partial charge >= 0.3 is 0 Å². The Morgan fingerprint density at radius 3 is 2.38 bits per heavy atom. The third kappa shape index (κ3) is 2.02. The molecule has 0 unspecified atom stereocenters. The van der Waals surface area contributed by atoms with Gasteiger partial charge in [-0.15, -0.1) is 0 Å². The molecule has 0 aliphatic carbocycles. The molecule has 126 valence electrons. The van der Waals surface area contributed by atoms with Crippen molar-refractivity contribution in [2.75, 3.05) is 5.32 Å². The van der Waals surface area contributed by atoms with Crippen LogP contribution in [0.4, 0.5) is 5.69 Å². The molecule has 0 amide bonds. The van der Waals surface area contributed by atoms with Crippen molar-refractivity contribution in [2.45, 2.75) is 5.54 Å². The van der Waals surface area contributed by atoms with Crippen LogP contribution in [0.15, 0.2) is 83.5 Å². The summed E-state index contributed by atoms with van der Waals surface area (Å²) in [6, 6.07) is 23.7. The first-order chi connectivity index (χ1) is 12.7. The number of halogens is 1. The standard InChI is InChI=1S/C22H15BrN2O/c23-15-11-9-14(10-12-15)22(18-13-24-19-7-3-1-5-16(18)19)21(26)17-6-2-4-8-20(17)25-22/h1-13,24-25H/t22-/m1/s1. The molecule has 0 fully saturated rings. The van der Waals surface area contributed by atoms with Crippen molar-refractivity contribution in [3.05, 3.63) is 100 Å². The van der Waals surface area contributed by atoms with E-state index in [4.69, 9.17) is 0 Å². The zero-order valence-electron chi connectivity index (χ0n) is 13.8. The van der Waals surface area contributed by atoms with Crippen LogP contribution in [0.3, 0.4) is 0 Å². The lowest BCUT2D eigenvalue weighted by Crippen LogP contribution is -2.39. The normalized spacial score (nSPS) is 18.7. The third-order valence-electron chi connectivity index (χ3n) is 5.10. The number of para-hydroxylation sites is 2. The van der Waals surface area contributed by atoms with Gasteiger partial charge in [0.25, 0.3) is 0 Å². The van der Waals surface area contributed by atoms with E-state index in [2.05, 4.69) is 32.3 Å². The van der Waals surface area contributed by atoms with Crippen molar-refractivity contribution in [3.8, 4) is 0 Å². The highest BCUT2D eigenvalue weighted by Gasteiger charge is 2.49. The summed E-state index contributed by atoms with van der Waals surface area (Å²) in [5.74, 6) is 0.0696. The summed E-state index contributed by atoms with van der Waals surface area (Å²) in [6.07, 6.45) is 1.95. The van der Waals surface area contributed by atoms with Crippen molar-refractivity contribution in [1.29, 1.82) is 0 Å². The van der Waals surface area contributed by atoms with Crippen molar-refractivity contribution < 1.29 is 4.79 Å². The molecule has 0 radical (unpaired) electrons. The first-order valence-electron chi connectivity index (χ1n) is 8.45. The van der Waals surface area contributed by atoms with E-state index < -0.39 is 5.54 Å². The Labute approximate surface area is 159 Å². The molecular formula is C22H15BrN2O. The van der Waals surface area contributed by atoms with E-state index in [0.717, 1.165) is 37.8 Å². The van der Waals surface area contributed by atoms with Crippen LogP contribution in [0.25, 0.3) is 10.9 Å². The van der Waals surface area contributed by atoms with E-state index in [1.807, 2.05) is 72.9 Å². The maximum Gasteiger partial charge on any atom is 0.199 e. The summed E-state index contributed by atoms with van der Waals surface area (Å²) in [6.45, 7) is 0. The molecule has 2 N–H and O–H groups in total. The average molecular weight is 403 g/mol. The molecule has 1 aromatic heterocycles. The minimum Gasteiger partial charge on any atom is -0.365 e. The molecular weight excluding hydrogens is 388 g/mol. The van der Waals surface area contributed by atoms with Crippen molar-refractivity contribution in [1.82, 2.24) is 4.98 Å². The van der Waals surface area contributed by atoms with Crippen molar-refractivity contribution in [2.24, 2.45) is 0 Å². The van der Waals surface area contributed by atoms with E-state index >= 15 is 0 Å². The van der Waals surface area contributed by atoms with Crippen LogP contribution in [0.5, 0.6) is 0 Å². The van der Waals surface area contributed by atoms with Gasteiger partial charge in [0.05, 0.1) is 0 Å². The smallest absolute Gasteiger partial charge is 0.199 e. The van der Waals surface area contributed by atoms with Crippen LogP contribution in [-0.2, 0) is 5.54 Å². The van der Waals surface area contributed by atoms with E-state index in [0.29, 0.717) is 0 Å². The number of aromatic amines is 1. The Morgan fingerprint density at radius 2 is 1.58 bits per heavy atom. The largest absolute Gasteiger partial charge is 0.365 e. The number of rotatable bonds is 2. The maximum absolute atomic E-state index is 13.7. The first kappa shape index (κ1) is 15.4. The molecule has 2 heterocycles. The molecule has 4 aromatic rings. The lowest BCUT2D eigenvalue weighted by atomic mass is 9.79. The Balaban J connectivity index is 1.83. The van der Waals surface area contributed by atoms with Gasteiger partial charge < -0.3 is 10.3 Å². The number of hydrogen-bond donors (Lipinski definition) is 2. The molecule has 0 spiro atoms.